The van der Waals surface area contributed by atoms with Gasteiger partial charge in [-0.15, -0.1) is 0 Å². The Hall–Kier alpha value is -0.0800. The zero-order valence-electron chi connectivity index (χ0n) is 9.94. The molecule has 0 spiro atoms. The molecular weight excluding hydrogens is 250 g/mol. The molecule has 2 rings (SSSR count). The molecule has 0 bridgehead atoms. The van der Waals surface area contributed by atoms with Crippen molar-refractivity contribution in [3.63, 3.8) is 0 Å². The number of hydrogen-bond acceptors (Lipinski definition) is 1. The van der Waals surface area contributed by atoms with Crippen molar-refractivity contribution in [1.82, 2.24) is 4.90 Å². The van der Waals surface area contributed by atoms with Crippen LogP contribution in [0.5, 0.6) is 0 Å². The fraction of sp³-hybridized carbons (Fsp3) is 0.692. The van der Waals surface area contributed by atoms with Gasteiger partial charge in [-0.2, -0.15) is 0 Å². The van der Waals surface area contributed by atoms with Gasteiger partial charge in [-0.25, -0.2) is 0 Å². The van der Waals surface area contributed by atoms with E-state index in [0.29, 0.717) is 0 Å². The lowest BCUT2D eigenvalue weighted by Gasteiger charge is -2.31. The van der Waals surface area contributed by atoms with Crippen LogP contribution in [0.2, 0.25) is 0 Å². The molecule has 1 nitrogen and oxygen atoms in total. The Morgan fingerprint density at radius 3 is 2.93 bits per heavy atom. The van der Waals surface area contributed by atoms with Gasteiger partial charge in [0.1, 0.15) is 0 Å². The van der Waals surface area contributed by atoms with Gasteiger partial charge in [-0.3, -0.25) is 4.90 Å². The number of nitrogens with zero attached hydrogens (tertiary/aromatic N) is 1. The Morgan fingerprint density at radius 1 is 1.53 bits per heavy atom. The van der Waals surface area contributed by atoms with Gasteiger partial charge in [0, 0.05) is 6.54 Å². The molecule has 0 aliphatic carbocycles. The summed E-state index contributed by atoms with van der Waals surface area (Å²) in [5.41, 5.74) is 3.42. The second kappa shape index (κ2) is 4.06. The molecule has 0 saturated carbocycles. The molecule has 1 atom stereocenters. The molecule has 84 valence electrons. The van der Waals surface area contributed by atoms with Crippen LogP contribution in [0.4, 0.5) is 0 Å². The molecule has 2 aliphatic rings. The highest BCUT2D eigenvalue weighted by atomic mass is 79.9. The van der Waals surface area contributed by atoms with Crippen LogP contribution < -0.4 is 0 Å². The van der Waals surface area contributed by atoms with E-state index < -0.39 is 0 Å². The lowest BCUT2D eigenvalue weighted by molar-refractivity contribution is 0.264. The highest BCUT2D eigenvalue weighted by Crippen LogP contribution is 2.44. The van der Waals surface area contributed by atoms with E-state index in [0.717, 1.165) is 6.42 Å². The van der Waals surface area contributed by atoms with Crippen molar-refractivity contribution >= 4 is 15.9 Å². The van der Waals surface area contributed by atoms with Crippen LogP contribution in [0.1, 0.15) is 40.0 Å². The van der Waals surface area contributed by atoms with E-state index >= 15 is 0 Å². The van der Waals surface area contributed by atoms with Gasteiger partial charge < -0.3 is 0 Å². The van der Waals surface area contributed by atoms with Crippen LogP contribution in [0.25, 0.3) is 0 Å². The standard InChI is InChI=1S/C13H20BrN/c1-4-12(14)8-13-6-5-7-15(13)9-10(2)11(13)3/h8H,4-7,9H2,1-3H3. The highest BCUT2D eigenvalue weighted by Gasteiger charge is 2.45. The van der Waals surface area contributed by atoms with Gasteiger partial charge in [0.05, 0.1) is 5.54 Å². The van der Waals surface area contributed by atoms with Crippen molar-refractivity contribution in [2.75, 3.05) is 13.1 Å². The fourth-order valence-corrected chi connectivity index (χ4v) is 3.33. The Bertz CT molecular complexity index is 329. The molecule has 0 N–H and O–H groups in total. The van der Waals surface area contributed by atoms with Crippen LogP contribution in [0.15, 0.2) is 21.7 Å². The summed E-state index contributed by atoms with van der Waals surface area (Å²) in [7, 11) is 0. The first kappa shape index (κ1) is 11.4. The van der Waals surface area contributed by atoms with Crippen molar-refractivity contribution < 1.29 is 0 Å². The average Bonchev–Trinajstić information content (AvgIpc) is 2.69. The first-order chi connectivity index (χ1) is 7.10. The lowest BCUT2D eigenvalue weighted by atomic mass is 9.88. The monoisotopic (exact) mass is 269 g/mol. The second-order valence-electron chi connectivity index (χ2n) is 4.80. The minimum atomic E-state index is 0.263. The Morgan fingerprint density at radius 2 is 2.27 bits per heavy atom. The number of allylic oxidation sites excluding steroid dienone is 1. The van der Waals surface area contributed by atoms with Crippen molar-refractivity contribution in [2.45, 2.75) is 45.6 Å². The molecule has 2 aliphatic heterocycles. The molecule has 2 heterocycles. The summed E-state index contributed by atoms with van der Waals surface area (Å²) in [6.45, 7) is 9.23. The molecule has 1 unspecified atom stereocenters. The van der Waals surface area contributed by atoms with Crippen molar-refractivity contribution in [3.05, 3.63) is 21.7 Å². The molecule has 15 heavy (non-hydrogen) atoms. The molecular formula is C13H20BrN. The van der Waals surface area contributed by atoms with E-state index in [9.17, 15) is 0 Å². The van der Waals surface area contributed by atoms with Gasteiger partial charge in [0.2, 0.25) is 0 Å². The van der Waals surface area contributed by atoms with Crippen molar-refractivity contribution in [3.8, 4) is 0 Å². The van der Waals surface area contributed by atoms with Crippen molar-refractivity contribution in [1.29, 1.82) is 0 Å². The third-order valence-electron chi connectivity index (χ3n) is 4.00. The predicted molar refractivity (Wildman–Crippen MR) is 69.2 cm³/mol. The van der Waals surface area contributed by atoms with Gasteiger partial charge >= 0.3 is 0 Å². The first-order valence-electron chi connectivity index (χ1n) is 5.89. The van der Waals surface area contributed by atoms with Crippen LogP contribution in [-0.2, 0) is 0 Å². The fourth-order valence-electron chi connectivity index (χ4n) is 2.95. The molecule has 0 aromatic heterocycles. The number of fused-ring (bicyclic) bond motifs is 1. The van der Waals surface area contributed by atoms with Gasteiger partial charge in [-0.05, 0) is 49.7 Å². The molecule has 0 aromatic carbocycles. The summed E-state index contributed by atoms with van der Waals surface area (Å²) in [6, 6.07) is 0. The molecule has 0 aromatic rings. The Labute approximate surface area is 101 Å². The van der Waals surface area contributed by atoms with Gasteiger partial charge in [0.25, 0.3) is 0 Å². The Kier molecular flexibility index (Phi) is 3.09. The molecule has 2 heteroatoms. The summed E-state index contributed by atoms with van der Waals surface area (Å²) < 4.78 is 1.35. The summed E-state index contributed by atoms with van der Waals surface area (Å²) in [5, 5.41) is 0. The number of halogens is 1. The molecule has 1 fully saturated rings. The topological polar surface area (TPSA) is 3.24 Å². The maximum atomic E-state index is 3.68. The van der Waals surface area contributed by atoms with Crippen LogP contribution >= 0.6 is 15.9 Å². The van der Waals surface area contributed by atoms with Gasteiger partial charge in [-0.1, -0.05) is 34.5 Å². The normalized spacial score (nSPS) is 32.7. The number of hydrogen-bond donors (Lipinski definition) is 0. The number of rotatable bonds is 2. The quantitative estimate of drug-likeness (QED) is 0.689. The average molecular weight is 270 g/mol. The predicted octanol–water partition coefficient (Wildman–Crippen LogP) is 3.86. The zero-order valence-corrected chi connectivity index (χ0v) is 11.5. The lowest BCUT2D eigenvalue weighted by Crippen LogP contribution is -2.38. The Balaban J connectivity index is 2.38. The SMILES string of the molecule is CCC(Br)=CC12CCCN1CC(C)=C2C. The molecule has 1 saturated heterocycles. The third-order valence-corrected chi connectivity index (χ3v) is 4.79. The van der Waals surface area contributed by atoms with E-state index in [1.807, 2.05) is 0 Å². The van der Waals surface area contributed by atoms with Gasteiger partial charge in [0.15, 0.2) is 0 Å². The summed E-state index contributed by atoms with van der Waals surface area (Å²) >= 11 is 3.68. The van der Waals surface area contributed by atoms with Crippen molar-refractivity contribution in [2.24, 2.45) is 0 Å². The zero-order chi connectivity index (χ0) is 11.1. The van der Waals surface area contributed by atoms with E-state index in [-0.39, 0.29) is 5.54 Å². The molecule has 0 radical (unpaired) electrons. The maximum absolute atomic E-state index is 3.68. The van der Waals surface area contributed by atoms with E-state index in [2.05, 4.69) is 47.7 Å². The van der Waals surface area contributed by atoms with E-state index in [1.54, 1.807) is 11.1 Å². The van der Waals surface area contributed by atoms with Crippen LogP contribution in [0, 0.1) is 0 Å². The third kappa shape index (κ3) is 1.72. The van der Waals surface area contributed by atoms with Crippen LogP contribution in [0.3, 0.4) is 0 Å². The summed E-state index contributed by atoms with van der Waals surface area (Å²) in [4.78, 5) is 2.63. The largest absolute Gasteiger partial charge is 0.287 e. The minimum Gasteiger partial charge on any atom is -0.287 e. The smallest absolute Gasteiger partial charge is 0.0619 e. The first-order valence-corrected chi connectivity index (χ1v) is 6.68. The maximum Gasteiger partial charge on any atom is 0.0619 e. The summed E-state index contributed by atoms with van der Waals surface area (Å²) in [5.74, 6) is 0. The second-order valence-corrected chi connectivity index (χ2v) is 5.82. The molecule has 0 amide bonds. The van der Waals surface area contributed by atoms with Crippen LogP contribution in [-0.4, -0.2) is 23.5 Å². The van der Waals surface area contributed by atoms with E-state index in [4.69, 9.17) is 0 Å². The minimum absolute atomic E-state index is 0.263. The highest BCUT2D eigenvalue weighted by molar-refractivity contribution is 9.11. The van der Waals surface area contributed by atoms with E-state index in [1.165, 1.54) is 30.4 Å². The summed E-state index contributed by atoms with van der Waals surface area (Å²) in [6.07, 6.45) is 6.18.